The van der Waals surface area contributed by atoms with E-state index >= 15 is 0 Å². The largest absolute Gasteiger partial charge is 0.478 e. The first kappa shape index (κ1) is 15.0. The van der Waals surface area contributed by atoms with Gasteiger partial charge in [-0.1, -0.05) is 43.7 Å². The lowest BCUT2D eigenvalue weighted by molar-refractivity contribution is -0.136. The highest BCUT2D eigenvalue weighted by Crippen LogP contribution is 2.18. The highest BCUT2D eigenvalue weighted by Gasteiger charge is 2.19. The number of aliphatic carboxylic acids is 2. The van der Waals surface area contributed by atoms with E-state index in [4.69, 9.17) is 0 Å². The Kier molecular flexibility index (Phi) is 5.79. The number of hydrogen-bond acceptors (Lipinski definition) is 2. The van der Waals surface area contributed by atoms with Gasteiger partial charge in [-0.15, -0.1) is 0 Å². The van der Waals surface area contributed by atoms with Crippen LogP contribution in [-0.2, 0) is 16.0 Å². The van der Waals surface area contributed by atoms with Crippen LogP contribution in [-0.4, -0.2) is 22.2 Å². The predicted octanol–water partition coefficient (Wildman–Crippen LogP) is 2.89. The maximum atomic E-state index is 11.3. The SMILES string of the molecule is CCCC/C(C(=O)O)=C(\Cc1ccccc1)C(=O)O. The second-order valence-corrected chi connectivity index (χ2v) is 4.33. The van der Waals surface area contributed by atoms with Crippen molar-refractivity contribution in [2.45, 2.75) is 32.6 Å². The minimum absolute atomic E-state index is 0.0122. The molecule has 1 aromatic carbocycles. The third-order valence-corrected chi connectivity index (χ3v) is 2.88. The van der Waals surface area contributed by atoms with Gasteiger partial charge in [0.2, 0.25) is 0 Å². The summed E-state index contributed by atoms with van der Waals surface area (Å²) in [6.45, 7) is 1.94. The summed E-state index contributed by atoms with van der Waals surface area (Å²) in [4.78, 5) is 22.5. The molecular weight excluding hydrogens is 244 g/mol. The van der Waals surface area contributed by atoms with Crippen molar-refractivity contribution >= 4 is 11.9 Å². The highest BCUT2D eigenvalue weighted by molar-refractivity contribution is 5.99. The molecule has 0 bridgehead atoms. The van der Waals surface area contributed by atoms with Crippen molar-refractivity contribution in [3.63, 3.8) is 0 Å². The highest BCUT2D eigenvalue weighted by atomic mass is 16.4. The topological polar surface area (TPSA) is 74.6 Å². The molecule has 0 unspecified atom stereocenters. The average molecular weight is 262 g/mol. The zero-order chi connectivity index (χ0) is 14.3. The normalized spacial score (nSPS) is 11.8. The quantitative estimate of drug-likeness (QED) is 0.741. The molecule has 0 saturated carbocycles. The molecule has 19 heavy (non-hydrogen) atoms. The van der Waals surface area contributed by atoms with Crippen LogP contribution in [0.3, 0.4) is 0 Å². The number of rotatable bonds is 7. The van der Waals surface area contributed by atoms with E-state index in [9.17, 15) is 19.8 Å². The van der Waals surface area contributed by atoms with Crippen LogP contribution in [0.5, 0.6) is 0 Å². The number of carboxylic acids is 2. The Hall–Kier alpha value is -2.10. The molecule has 2 N–H and O–H groups in total. The van der Waals surface area contributed by atoms with E-state index < -0.39 is 11.9 Å². The van der Waals surface area contributed by atoms with Crippen molar-refractivity contribution in [3.05, 3.63) is 47.0 Å². The molecule has 0 heterocycles. The van der Waals surface area contributed by atoms with E-state index in [0.29, 0.717) is 12.8 Å². The first-order valence-electron chi connectivity index (χ1n) is 6.28. The first-order valence-corrected chi connectivity index (χ1v) is 6.28. The molecule has 102 valence electrons. The van der Waals surface area contributed by atoms with Crippen molar-refractivity contribution < 1.29 is 19.8 Å². The van der Waals surface area contributed by atoms with Crippen LogP contribution in [0.15, 0.2) is 41.5 Å². The van der Waals surface area contributed by atoms with Crippen molar-refractivity contribution in [1.29, 1.82) is 0 Å². The van der Waals surface area contributed by atoms with Crippen LogP contribution in [0.4, 0.5) is 0 Å². The van der Waals surface area contributed by atoms with E-state index in [2.05, 4.69) is 0 Å². The number of benzene rings is 1. The molecule has 0 aliphatic rings. The maximum absolute atomic E-state index is 11.3. The summed E-state index contributed by atoms with van der Waals surface area (Å²) in [5.74, 6) is -2.29. The molecule has 0 spiro atoms. The Morgan fingerprint density at radius 2 is 1.58 bits per heavy atom. The Bertz CT molecular complexity index is 474. The van der Waals surface area contributed by atoms with Gasteiger partial charge in [0, 0.05) is 12.0 Å². The summed E-state index contributed by atoms with van der Waals surface area (Å²) >= 11 is 0. The number of unbranched alkanes of at least 4 members (excludes halogenated alkanes) is 1. The molecule has 0 radical (unpaired) electrons. The van der Waals surface area contributed by atoms with Gasteiger partial charge in [0.15, 0.2) is 0 Å². The molecule has 0 saturated heterocycles. The van der Waals surface area contributed by atoms with Gasteiger partial charge in [0.25, 0.3) is 0 Å². The van der Waals surface area contributed by atoms with E-state index in [0.717, 1.165) is 12.0 Å². The fourth-order valence-electron chi connectivity index (χ4n) is 1.85. The lowest BCUT2D eigenvalue weighted by Crippen LogP contribution is -2.13. The van der Waals surface area contributed by atoms with Gasteiger partial charge >= 0.3 is 11.9 Å². The summed E-state index contributed by atoms with van der Waals surface area (Å²) in [5, 5.41) is 18.4. The van der Waals surface area contributed by atoms with Crippen LogP contribution in [0, 0.1) is 0 Å². The summed E-state index contributed by atoms with van der Waals surface area (Å²) in [6.07, 6.45) is 1.93. The van der Waals surface area contributed by atoms with Gasteiger partial charge in [-0.3, -0.25) is 0 Å². The van der Waals surface area contributed by atoms with Crippen LogP contribution in [0.1, 0.15) is 31.7 Å². The van der Waals surface area contributed by atoms with Crippen molar-refractivity contribution in [1.82, 2.24) is 0 Å². The van der Waals surface area contributed by atoms with Gasteiger partial charge in [-0.05, 0) is 18.4 Å². The van der Waals surface area contributed by atoms with Gasteiger partial charge in [0.05, 0.1) is 5.57 Å². The third-order valence-electron chi connectivity index (χ3n) is 2.88. The van der Waals surface area contributed by atoms with E-state index in [-0.39, 0.29) is 17.6 Å². The smallest absolute Gasteiger partial charge is 0.332 e. The van der Waals surface area contributed by atoms with Crippen molar-refractivity contribution in [2.75, 3.05) is 0 Å². The molecule has 0 aliphatic carbocycles. The van der Waals surface area contributed by atoms with Crippen molar-refractivity contribution in [2.24, 2.45) is 0 Å². The summed E-state index contributed by atoms with van der Waals surface area (Å²) in [5.41, 5.74) is 0.792. The molecule has 0 atom stereocenters. The van der Waals surface area contributed by atoms with Crippen molar-refractivity contribution in [3.8, 4) is 0 Å². The second kappa shape index (κ2) is 7.36. The van der Waals surface area contributed by atoms with E-state index in [1.165, 1.54) is 0 Å². The Morgan fingerprint density at radius 3 is 2.05 bits per heavy atom. The molecule has 0 fully saturated rings. The number of carboxylic acid groups (broad SMARTS) is 2. The van der Waals surface area contributed by atoms with Crippen LogP contribution < -0.4 is 0 Å². The molecule has 1 rings (SSSR count). The molecule has 4 heteroatoms. The lowest BCUT2D eigenvalue weighted by Gasteiger charge is -2.09. The van der Waals surface area contributed by atoms with Crippen LogP contribution in [0.25, 0.3) is 0 Å². The average Bonchev–Trinajstić information content (AvgIpc) is 2.38. The summed E-state index contributed by atoms with van der Waals surface area (Å²) in [7, 11) is 0. The minimum Gasteiger partial charge on any atom is -0.478 e. The predicted molar refractivity (Wildman–Crippen MR) is 72.0 cm³/mol. The molecular formula is C15H18O4. The van der Waals surface area contributed by atoms with Gasteiger partial charge in [-0.2, -0.15) is 0 Å². The number of carbonyl (C=O) groups is 2. The number of hydrogen-bond donors (Lipinski definition) is 2. The third kappa shape index (κ3) is 4.58. The van der Waals surface area contributed by atoms with Crippen LogP contribution >= 0.6 is 0 Å². The molecule has 0 aliphatic heterocycles. The standard InChI is InChI=1S/C15H18O4/c1-2-3-9-12(14(16)17)13(15(18)19)10-11-7-5-4-6-8-11/h4-8H,2-3,9-10H2,1H3,(H,16,17)(H,18,19)/b13-12-. The van der Waals surface area contributed by atoms with E-state index in [1.54, 1.807) is 24.3 Å². The first-order chi connectivity index (χ1) is 9.06. The Morgan fingerprint density at radius 1 is 1.00 bits per heavy atom. The minimum atomic E-state index is -1.16. The summed E-state index contributed by atoms with van der Waals surface area (Å²) in [6, 6.07) is 9.04. The molecule has 0 aromatic heterocycles. The molecule has 0 amide bonds. The van der Waals surface area contributed by atoms with Gasteiger partial charge < -0.3 is 10.2 Å². The van der Waals surface area contributed by atoms with Gasteiger partial charge in [0.1, 0.15) is 0 Å². The Labute approximate surface area is 112 Å². The zero-order valence-electron chi connectivity index (χ0n) is 10.9. The lowest BCUT2D eigenvalue weighted by atomic mass is 9.96. The summed E-state index contributed by atoms with van der Waals surface area (Å²) < 4.78 is 0. The zero-order valence-corrected chi connectivity index (χ0v) is 10.9. The Balaban J connectivity index is 3.08. The maximum Gasteiger partial charge on any atom is 0.332 e. The fraction of sp³-hybridized carbons (Fsp3) is 0.333. The van der Waals surface area contributed by atoms with Crippen LogP contribution in [0.2, 0.25) is 0 Å². The molecule has 4 nitrogen and oxygen atoms in total. The monoisotopic (exact) mass is 262 g/mol. The fourth-order valence-corrected chi connectivity index (χ4v) is 1.85. The van der Waals surface area contributed by atoms with Gasteiger partial charge in [-0.25, -0.2) is 9.59 Å². The molecule has 1 aromatic rings. The van der Waals surface area contributed by atoms with E-state index in [1.807, 2.05) is 13.0 Å². The second-order valence-electron chi connectivity index (χ2n) is 4.33.